The van der Waals surface area contributed by atoms with E-state index in [1.807, 2.05) is 37.1 Å². The van der Waals surface area contributed by atoms with Crippen molar-refractivity contribution in [3.63, 3.8) is 0 Å². The van der Waals surface area contributed by atoms with Gasteiger partial charge in [0.05, 0.1) is 40.4 Å². The third-order valence-corrected chi connectivity index (χ3v) is 8.19. The van der Waals surface area contributed by atoms with Gasteiger partial charge < -0.3 is 16.4 Å². The van der Waals surface area contributed by atoms with Crippen LogP contribution >= 0.6 is 0 Å². The summed E-state index contributed by atoms with van der Waals surface area (Å²) in [5.74, 6) is -0.0389. The van der Waals surface area contributed by atoms with E-state index in [4.69, 9.17) is 5.73 Å². The van der Waals surface area contributed by atoms with Crippen molar-refractivity contribution in [3.05, 3.63) is 66.0 Å². The fraction of sp³-hybridized carbons (Fsp3) is 0.370. The second-order valence-corrected chi connectivity index (χ2v) is 10.4. The van der Waals surface area contributed by atoms with Gasteiger partial charge in [-0.25, -0.2) is 13.9 Å². The topological polar surface area (TPSA) is 107 Å². The van der Waals surface area contributed by atoms with Crippen molar-refractivity contribution < 1.29 is 4.39 Å². The van der Waals surface area contributed by atoms with Gasteiger partial charge in [0.2, 0.25) is 0 Å². The maximum absolute atomic E-state index is 14.0. The molecule has 36 heavy (non-hydrogen) atoms. The molecule has 1 aromatic carbocycles. The number of nitrogens with one attached hydrogen (secondary N) is 2. The first-order valence-electron chi connectivity index (χ1n) is 12.4. The summed E-state index contributed by atoms with van der Waals surface area (Å²) in [4.78, 5) is 4.67. The smallest absolute Gasteiger partial charge is 0.135 e. The molecule has 1 saturated carbocycles. The number of hydrogen-bond acceptors (Lipinski definition) is 5. The Labute approximate surface area is 209 Å². The number of amidine groups is 1. The molecular weight excluding hydrogens is 455 g/mol. The summed E-state index contributed by atoms with van der Waals surface area (Å²) in [5, 5.41) is 16.5. The number of benzene rings is 1. The molecule has 0 radical (unpaired) electrons. The average Bonchev–Trinajstić information content (AvgIpc) is 3.24. The second kappa shape index (κ2) is 7.89. The predicted octanol–water partition coefficient (Wildman–Crippen LogP) is 4.17. The monoisotopic (exact) mass is 486 g/mol. The van der Waals surface area contributed by atoms with Gasteiger partial charge in [0.15, 0.2) is 0 Å². The highest BCUT2D eigenvalue weighted by Gasteiger charge is 2.68. The summed E-state index contributed by atoms with van der Waals surface area (Å²) in [7, 11) is 1.90. The van der Waals surface area contributed by atoms with Crippen LogP contribution in [0.25, 0.3) is 16.6 Å². The van der Waals surface area contributed by atoms with Crippen molar-refractivity contribution in [3.8, 4) is 11.1 Å². The van der Waals surface area contributed by atoms with E-state index in [0.29, 0.717) is 17.1 Å². The number of anilines is 1. The number of halogens is 1. The molecule has 4 aromatic rings. The summed E-state index contributed by atoms with van der Waals surface area (Å²) in [6.07, 6.45) is 10.4. The van der Waals surface area contributed by atoms with Crippen molar-refractivity contribution >= 4 is 22.7 Å². The van der Waals surface area contributed by atoms with E-state index in [9.17, 15) is 4.39 Å². The molecule has 4 heterocycles. The molecule has 3 atom stereocenters. The molecule has 1 aliphatic carbocycles. The number of aromatic nitrogens is 4. The molecule has 6 rings (SSSR count). The van der Waals surface area contributed by atoms with Gasteiger partial charge in [-0.05, 0) is 56.9 Å². The first-order valence-corrected chi connectivity index (χ1v) is 12.4. The maximum atomic E-state index is 14.0. The fourth-order valence-corrected chi connectivity index (χ4v) is 5.71. The van der Waals surface area contributed by atoms with Crippen molar-refractivity contribution in [2.75, 3.05) is 5.32 Å². The minimum atomic E-state index is -0.337. The van der Waals surface area contributed by atoms with Crippen LogP contribution in [-0.2, 0) is 13.5 Å². The lowest BCUT2D eigenvalue weighted by molar-refractivity contribution is 0.570. The van der Waals surface area contributed by atoms with E-state index in [0.717, 1.165) is 47.2 Å². The normalized spacial score (nSPS) is 25.4. The molecule has 1 saturated heterocycles. The molecule has 3 aromatic heterocycles. The average molecular weight is 487 g/mol. The lowest BCUT2D eigenvalue weighted by atomic mass is 9.97. The number of fused-ring (bicyclic) bond motifs is 2. The van der Waals surface area contributed by atoms with Crippen LogP contribution in [0.3, 0.4) is 0 Å². The highest BCUT2D eigenvalue weighted by atomic mass is 19.1. The van der Waals surface area contributed by atoms with E-state index < -0.39 is 0 Å². The third kappa shape index (κ3) is 3.49. The number of nitrogens with zero attached hydrogens (tertiary/aromatic N) is 5. The van der Waals surface area contributed by atoms with E-state index in [1.54, 1.807) is 16.9 Å². The van der Waals surface area contributed by atoms with E-state index in [1.165, 1.54) is 12.1 Å². The van der Waals surface area contributed by atoms with Crippen LogP contribution in [0.15, 0.2) is 54.0 Å². The SMILES string of the molecule is CCc1ccc(F)cc1N=C(N)c1cnn2cc(-c3cnn(C)c3)cc2c1NC1CCC2(C)NC12C. The van der Waals surface area contributed by atoms with Crippen LogP contribution in [0, 0.1) is 5.82 Å². The van der Waals surface area contributed by atoms with Gasteiger partial charge in [0, 0.05) is 42.1 Å². The predicted molar refractivity (Wildman–Crippen MR) is 140 cm³/mol. The van der Waals surface area contributed by atoms with E-state index in [2.05, 4.69) is 45.7 Å². The van der Waals surface area contributed by atoms with Gasteiger partial charge in [0.25, 0.3) is 0 Å². The molecular formula is C27H31FN8. The summed E-state index contributed by atoms with van der Waals surface area (Å²) >= 11 is 0. The molecule has 186 valence electrons. The van der Waals surface area contributed by atoms with E-state index >= 15 is 0 Å². The minimum absolute atomic E-state index is 0.00709. The Morgan fingerprint density at radius 1 is 1.22 bits per heavy atom. The number of piperidine rings is 1. The standard InChI is InChI=1S/C27H31FN8/c1-5-16-6-7-19(28)11-21(16)32-25(29)20-13-31-36-15-17(18-12-30-35(4)14-18)10-22(36)24(20)33-23-8-9-26(2)27(23,3)34-26/h6-7,10-15,23,33-34H,5,8-9H2,1-4H3,(H2,29,32). The van der Waals surface area contributed by atoms with Gasteiger partial charge >= 0.3 is 0 Å². The van der Waals surface area contributed by atoms with Gasteiger partial charge in [0.1, 0.15) is 11.7 Å². The Hall–Kier alpha value is -3.72. The lowest BCUT2D eigenvalue weighted by Crippen LogP contribution is -2.36. The van der Waals surface area contributed by atoms with Crippen molar-refractivity contribution in [1.29, 1.82) is 0 Å². The molecule has 8 nitrogen and oxygen atoms in total. The van der Waals surface area contributed by atoms with Crippen LogP contribution in [0.5, 0.6) is 0 Å². The number of aryl methyl sites for hydroxylation is 2. The molecule has 3 unspecified atom stereocenters. The Balaban J connectivity index is 1.48. The number of rotatable bonds is 6. The molecule has 2 fully saturated rings. The van der Waals surface area contributed by atoms with E-state index in [-0.39, 0.29) is 22.9 Å². The number of hydrogen-bond donors (Lipinski definition) is 3. The fourth-order valence-electron chi connectivity index (χ4n) is 5.71. The van der Waals surface area contributed by atoms with Crippen LogP contribution in [0.4, 0.5) is 15.8 Å². The minimum Gasteiger partial charge on any atom is -0.383 e. The number of nitrogens with two attached hydrogens (primary N) is 1. The van der Waals surface area contributed by atoms with Crippen LogP contribution < -0.4 is 16.4 Å². The Kier molecular flexibility index (Phi) is 4.98. The lowest BCUT2D eigenvalue weighted by Gasteiger charge is -2.23. The molecule has 1 aliphatic heterocycles. The summed E-state index contributed by atoms with van der Waals surface area (Å²) in [5.41, 5.74) is 12.7. The zero-order chi connectivity index (χ0) is 25.2. The molecule has 9 heteroatoms. The summed E-state index contributed by atoms with van der Waals surface area (Å²) < 4.78 is 17.7. The summed E-state index contributed by atoms with van der Waals surface area (Å²) in [6.45, 7) is 6.57. The maximum Gasteiger partial charge on any atom is 0.135 e. The van der Waals surface area contributed by atoms with Crippen LogP contribution in [0.2, 0.25) is 0 Å². The van der Waals surface area contributed by atoms with Crippen molar-refractivity contribution in [2.45, 2.75) is 57.2 Å². The molecule has 4 N–H and O–H groups in total. The van der Waals surface area contributed by atoms with Crippen molar-refractivity contribution in [2.24, 2.45) is 17.8 Å². The van der Waals surface area contributed by atoms with Gasteiger partial charge in [-0.3, -0.25) is 4.68 Å². The second-order valence-electron chi connectivity index (χ2n) is 10.4. The van der Waals surface area contributed by atoms with Gasteiger partial charge in [-0.1, -0.05) is 13.0 Å². The molecule has 0 spiro atoms. The zero-order valence-corrected chi connectivity index (χ0v) is 21.0. The molecule has 0 bridgehead atoms. The van der Waals surface area contributed by atoms with Crippen molar-refractivity contribution in [1.82, 2.24) is 24.7 Å². The third-order valence-electron chi connectivity index (χ3n) is 8.19. The van der Waals surface area contributed by atoms with Crippen LogP contribution in [-0.4, -0.2) is 42.3 Å². The Bertz CT molecular complexity index is 1510. The van der Waals surface area contributed by atoms with Gasteiger partial charge in [-0.15, -0.1) is 0 Å². The highest BCUT2D eigenvalue weighted by Crippen LogP contribution is 2.52. The Morgan fingerprint density at radius 3 is 2.72 bits per heavy atom. The highest BCUT2D eigenvalue weighted by molar-refractivity contribution is 6.06. The quantitative estimate of drug-likeness (QED) is 0.215. The van der Waals surface area contributed by atoms with Gasteiger partial charge in [-0.2, -0.15) is 10.2 Å². The first kappa shape index (κ1) is 22.7. The Morgan fingerprint density at radius 2 is 2.06 bits per heavy atom. The zero-order valence-electron chi connectivity index (χ0n) is 21.0. The largest absolute Gasteiger partial charge is 0.383 e. The van der Waals surface area contributed by atoms with Crippen LogP contribution in [0.1, 0.15) is 44.7 Å². The number of aliphatic imine (C=N–C) groups is 1. The summed E-state index contributed by atoms with van der Waals surface area (Å²) in [6, 6.07) is 6.96. The molecule has 2 aliphatic rings. The molecule has 0 amide bonds. The first-order chi connectivity index (χ1) is 17.2.